The summed E-state index contributed by atoms with van der Waals surface area (Å²) in [6, 6.07) is 10.5. The van der Waals surface area contributed by atoms with Gasteiger partial charge in [0.15, 0.2) is 16.3 Å². The Labute approximate surface area is 229 Å². The maximum Gasteiger partial charge on any atom is 0.332 e. The number of tetrazole rings is 1. The minimum atomic E-state index is -0.488. The van der Waals surface area contributed by atoms with Gasteiger partial charge in [-0.2, -0.15) is 4.68 Å². The van der Waals surface area contributed by atoms with Gasteiger partial charge in [-0.25, -0.2) is 9.78 Å². The summed E-state index contributed by atoms with van der Waals surface area (Å²) < 4.78 is 16.4. The average molecular weight is 575 g/mol. The van der Waals surface area contributed by atoms with Crippen molar-refractivity contribution in [1.82, 2.24) is 38.9 Å². The average Bonchev–Trinajstić information content (AvgIpc) is 3.52. The fraction of sp³-hybridized carbons (Fsp3) is 0.217. The second-order valence-corrected chi connectivity index (χ2v) is 9.90. The van der Waals surface area contributed by atoms with E-state index in [1.54, 1.807) is 35.9 Å². The SMILES string of the molecule is COc1cc(-n2nnnc2Sc2nc3c(c(=O)n(C)c(=O)n3C)n2Cc2ccc(Cl)cc2)c(OC)cc1Cl. The number of fused-ring (bicyclic) bond motifs is 1. The highest BCUT2D eigenvalue weighted by molar-refractivity contribution is 7.99. The highest BCUT2D eigenvalue weighted by Gasteiger charge is 2.24. The summed E-state index contributed by atoms with van der Waals surface area (Å²) in [5.74, 6) is 0.818. The zero-order valence-electron chi connectivity index (χ0n) is 20.5. The second-order valence-electron chi connectivity index (χ2n) is 8.12. The molecule has 0 aliphatic rings. The third-order valence-electron chi connectivity index (χ3n) is 5.87. The van der Waals surface area contributed by atoms with E-state index in [0.717, 1.165) is 21.9 Å². The van der Waals surface area contributed by atoms with E-state index >= 15 is 0 Å². The van der Waals surface area contributed by atoms with Crippen molar-refractivity contribution < 1.29 is 9.47 Å². The number of aryl methyl sites for hydroxylation is 1. The highest BCUT2D eigenvalue weighted by atomic mass is 35.5. The van der Waals surface area contributed by atoms with E-state index in [1.165, 1.54) is 30.5 Å². The number of hydrogen-bond acceptors (Lipinski definition) is 9. The van der Waals surface area contributed by atoms with Crippen molar-refractivity contribution in [3.8, 4) is 17.2 Å². The van der Waals surface area contributed by atoms with Crippen molar-refractivity contribution in [2.45, 2.75) is 16.9 Å². The van der Waals surface area contributed by atoms with Crippen LogP contribution in [0.25, 0.3) is 16.9 Å². The summed E-state index contributed by atoms with van der Waals surface area (Å²) in [4.78, 5) is 30.5. The summed E-state index contributed by atoms with van der Waals surface area (Å²) in [6.45, 7) is 0.281. The van der Waals surface area contributed by atoms with Crippen LogP contribution in [0.2, 0.25) is 10.0 Å². The molecule has 0 atom stereocenters. The van der Waals surface area contributed by atoms with Crippen molar-refractivity contribution in [3.05, 3.63) is 72.8 Å². The van der Waals surface area contributed by atoms with Crippen LogP contribution >= 0.6 is 35.0 Å². The van der Waals surface area contributed by atoms with Gasteiger partial charge in [-0.3, -0.25) is 13.9 Å². The molecule has 5 aromatic rings. The van der Waals surface area contributed by atoms with Crippen LogP contribution in [-0.4, -0.2) is 53.1 Å². The molecule has 0 aliphatic carbocycles. The Morgan fingerprint density at radius 2 is 1.66 bits per heavy atom. The molecule has 0 unspecified atom stereocenters. The number of hydrogen-bond donors (Lipinski definition) is 0. The molecular weight excluding hydrogens is 555 g/mol. The van der Waals surface area contributed by atoms with Crippen LogP contribution in [0.4, 0.5) is 0 Å². The quantitative estimate of drug-likeness (QED) is 0.288. The molecule has 0 N–H and O–H groups in total. The molecule has 38 heavy (non-hydrogen) atoms. The number of benzene rings is 2. The number of nitrogens with zero attached hydrogens (tertiary/aromatic N) is 8. The van der Waals surface area contributed by atoms with E-state index < -0.39 is 11.2 Å². The fourth-order valence-corrected chi connectivity index (χ4v) is 5.13. The van der Waals surface area contributed by atoms with Crippen LogP contribution in [0, 0.1) is 0 Å². The van der Waals surface area contributed by atoms with E-state index in [2.05, 4.69) is 20.5 Å². The molecular formula is C23H20Cl2N8O4S. The van der Waals surface area contributed by atoms with Gasteiger partial charge >= 0.3 is 5.69 Å². The number of rotatable bonds is 7. The molecule has 0 fully saturated rings. The molecule has 15 heteroatoms. The molecule has 3 heterocycles. The Bertz CT molecular complexity index is 1790. The van der Waals surface area contributed by atoms with E-state index in [0.29, 0.717) is 37.5 Å². The fourth-order valence-electron chi connectivity index (χ4n) is 3.91. The van der Waals surface area contributed by atoms with Gasteiger partial charge in [-0.05, 0) is 39.9 Å². The van der Waals surface area contributed by atoms with Gasteiger partial charge in [-0.1, -0.05) is 35.3 Å². The van der Waals surface area contributed by atoms with Gasteiger partial charge in [0.05, 0.1) is 25.8 Å². The summed E-state index contributed by atoms with van der Waals surface area (Å²) in [6.07, 6.45) is 0. The Balaban J connectivity index is 1.69. The van der Waals surface area contributed by atoms with Gasteiger partial charge in [0.2, 0.25) is 5.16 Å². The number of methoxy groups -OCH3 is 2. The Morgan fingerprint density at radius 1 is 0.947 bits per heavy atom. The monoisotopic (exact) mass is 574 g/mol. The molecule has 0 amide bonds. The van der Waals surface area contributed by atoms with Crippen LogP contribution in [0.15, 0.2) is 56.3 Å². The lowest BCUT2D eigenvalue weighted by atomic mass is 10.2. The van der Waals surface area contributed by atoms with Crippen LogP contribution in [0.5, 0.6) is 11.5 Å². The maximum absolute atomic E-state index is 13.2. The molecule has 2 aromatic carbocycles. The zero-order chi connectivity index (χ0) is 27.1. The first kappa shape index (κ1) is 25.8. The first-order valence-electron chi connectivity index (χ1n) is 11.0. The van der Waals surface area contributed by atoms with Crippen LogP contribution in [0.1, 0.15) is 5.56 Å². The van der Waals surface area contributed by atoms with E-state index in [1.807, 2.05) is 12.1 Å². The van der Waals surface area contributed by atoms with Crippen molar-refractivity contribution in [2.24, 2.45) is 14.1 Å². The molecule has 0 saturated carbocycles. The Morgan fingerprint density at radius 3 is 2.34 bits per heavy atom. The predicted molar refractivity (Wildman–Crippen MR) is 142 cm³/mol. The van der Waals surface area contributed by atoms with Crippen molar-refractivity contribution in [3.63, 3.8) is 0 Å². The standard InChI is InChI=1S/C23H20Cl2N8O4S/c1-30-19-18(20(34)31(2)23(30)35)32(11-12-5-7-13(24)8-6-12)21(26-19)38-22-27-28-29-33(22)15-10-16(36-3)14(25)9-17(15)37-4/h5-10H,11H2,1-4H3. The minimum absolute atomic E-state index is 0.235. The molecule has 0 radical (unpaired) electrons. The van der Waals surface area contributed by atoms with E-state index in [9.17, 15) is 9.59 Å². The lowest BCUT2D eigenvalue weighted by Gasteiger charge is -2.13. The van der Waals surface area contributed by atoms with Crippen LogP contribution in [-0.2, 0) is 20.6 Å². The summed E-state index contributed by atoms with van der Waals surface area (Å²) in [5, 5.41) is 13.8. The maximum atomic E-state index is 13.2. The first-order chi connectivity index (χ1) is 18.2. The van der Waals surface area contributed by atoms with Crippen LogP contribution in [0.3, 0.4) is 0 Å². The largest absolute Gasteiger partial charge is 0.495 e. The van der Waals surface area contributed by atoms with Gasteiger partial charge in [0.25, 0.3) is 5.56 Å². The highest BCUT2D eigenvalue weighted by Crippen LogP contribution is 2.37. The van der Waals surface area contributed by atoms with Gasteiger partial charge in [0, 0.05) is 31.3 Å². The smallest absolute Gasteiger partial charge is 0.332 e. The van der Waals surface area contributed by atoms with Gasteiger partial charge in [-0.15, -0.1) is 5.10 Å². The number of halogens is 2. The van der Waals surface area contributed by atoms with E-state index in [-0.39, 0.29) is 17.7 Å². The van der Waals surface area contributed by atoms with Crippen molar-refractivity contribution in [2.75, 3.05) is 14.2 Å². The number of imidazole rings is 1. The van der Waals surface area contributed by atoms with Crippen molar-refractivity contribution in [1.29, 1.82) is 0 Å². The van der Waals surface area contributed by atoms with Gasteiger partial charge in [0.1, 0.15) is 17.2 Å². The minimum Gasteiger partial charge on any atom is -0.495 e. The number of aromatic nitrogens is 8. The summed E-state index contributed by atoms with van der Waals surface area (Å²) in [5.41, 5.74) is 0.884. The normalized spacial score (nSPS) is 11.3. The third-order valence-corrected chi connectivity index (χ3v) is 7.35. The lowest BCUT2D eigenvalue weighted by molar-refractivity contribution is 0.399. The molecule has 0 aliphatic heterocycles. The van der Waals surface area contributed by atoms with E-state index in [4.69, 9.17) is 32.7 Å². The summed E-state index contributed by atoms with van der Waals surface area (Å²) >= 11 is 13.4. The Kier molecular flexibility index (Phi) is 6.90. The second kappa shape index (κ2) is 10.2. The van der Waals surface area contributed by atoms with Crippen LogP contribution < -0.4 is 20.7 Å². The molecule has 3 aromatic heterocycles. The molecule has 12 nitrogen and oxygen atoms in total. The molecule has 0 spiro atoms. The first-order valence-corrected chi connectivity index (χ1v) is 12.6. The molecule has 5 rings (SSSR count). The molecule has 196 valence electrons. The molecule has 0 bridgehead atoms. The molecule has 0 saturated heterocycles. The topological polar surface area (TPSA) is 124 Å². The van der Waals surface area contributed by atoms with Gasteiger partial charge < -0.3 is 14.0 Å². The zero-order valence-corrected chi connectivity index (χ0v) is 22.9. The predicted octanol–water partition coefficient (Wildman–Crippen LogP) is 2.93. The summed E-state index contributed by atoms with van der Waals surface area (Å²) in [7, 11) is 5.99. The third kappa shape index (κ3) is 4.42. The van der Waals surface area contributed by atoms with Crippen molar-refractivity contribution >= 4 is 46.1 Å². The Hall–Kier alpha value is -3.81. The lowest BCUT2D eigenvalue weighted by Crippen LogP contribution is -2.37. The number of ether oxygens (including phenoxy) is 2.